The molecule has 1 atom stereocenters. The molecule has 2 nitrogen and oxygen atoms in total. The maximum absolute atomic E-state index is 2.63. The molecular weight excluding hydrogens is 725 g/mol. The summed E-state index contributed by atoms with van der Waals surface area (Å²) < 4.78 is 2.43. The molecule has 1 aliphatic rings. The fourth-order valence-electron chi connectivity index (χ4n) is 9.62. The van der Waals surface area contributed by atoms with Crippen LogP contribution in [0.2, 0.25) is 0 Å². The van der Waals surface area contributed by atoms with Gasteiger partial charge in [0.15, 0.2) is 0 Å². The van der Waals surface area contributed by atoms with Crippen molar-refractivity contribution in [3.63, 3.8) is 0 Å². The molecule has 1 unspecified atom stereocenters. The van der Waals surface area contributed by atoms with Gasteiger partial charge in [0.2, 0.25) is 0 Å². The Kier molecular flexibility index (Phi) is 8.82. The quantitative estimate of drug-likeness (QED) is 0.150. The summed E-state index contributed by atoms with van der Waals surface area (Å²) in [5, 5.41) is 4.96. The molecule has 10 aromatic rings. The second-order valence-electron chi connectivity index (χ2n) is 15.7. The van der Waals surface area contributed by atoms with Gasteiger partial charge in [-0.3, -0.25) is 0 Å². The molecule has 60 heavy (non-hydrogen) atoms. The molecule has 1 aromatic heterocycles. The maximum atomic E-state index is 2.63. The van der Waals surface area contributed by atoms with E-state index in [9.17, 15) is 0 Å². The predicted molar refractivity (Wildman–Crippen MR) is 254 cm³/mol. The first-order valence-electron chi connectivity index (χ1n) is 20.8. The van der Waals surface area contributed by atoms with Gasteiger partial charge in [-0.15, -0.1) is 0 Å². The van der Waals surface area contributed by atoms with Gasteiger partial charge in [0.05, 0.1) is 11.0 Å². The molecule has 1 aliphatic carbocycles. The van der Waals surface area contributed by atoms with Crippen LogP contribution in [0.5, 0.6) is 0 Å². The SMILES string of the molecule is C1=CCC(c2ccccc2-c2ccccc2)(N(c2ccc(-c3ccc4ccccc4c3)cc2)c2ccc3c4ccccc4n(-c4ccccc4)c3c2)C(c2ccccc2)=C1. The van der Waals surface area contributed by atoms with Gasteiger partial charge in [0.25, 0.3) is 0 Å². The summed E-state index contributed by atoms with van der Waals surface area (Å²) in [6.07, 6.45) is 7.69. The standard InChI is InChI=1S/C58H42N2/c1-4-19-44(20-5-1)51-26-12-14-29-55(51)58(39-17-16-28-54(58)45-21-6-2-7-22-45)60(49-35-33-43(34-36-49)47-32-31-42-18-10-11-23-46(42)40-47)50-37-38-53-52-27-13-15-30-56(52)59(57(53)41-50)48-24-8-3-9-25-48/h1-38,40-41H,39H2. The fourth-order valence-corrected chi connectivity index (χ4v) is 9.62. The zero-order valence-electron chi connectivity index (χ0n) is 33.2. The average Bonchev–Trinajstić information content (AvgIpc) is 3.66. The second-order valence-corrected chi connectivity index (χ2v) is 15.7. The number of fused-ring (bicyclic) bond motifs is 4. The zero-order chi connectivity index (χ0) is 39.9. The first-order valence-corrected chi connectivity index (χ1v) is 20.8. The van der Waals surface area contributed by atoms with Gasteiger partial charge < -0.3 is 9.47 Å². The summed E-state index contributed by atoms with van der Waals surface area (Å²) in [5.41, 5.74) is 13.6. The van der Waals surface area contributed by atoms with Crippen LogP contribution in [0.25, 0.3) is 66.1 Å². The van der Waals surface area contributed by atoms with Crippen LogP contribution in [-0.4, -0.2) is 4.57 Å². The third-order valence-corrected chi connectivity index (χ3v) is 12.3. The van der Waals surface area contributed by atoms with Crippen molar-refractivity contribution in [3.8, 4) is 27.9 Å². The van der Waals surface area contributed by atoms with Crippen LogP contribution in [0.15, 0.2) is 243 Å². The number of para-hydroxylation sites is 2. The number of nitrogens with zero attached hydrogens (tertiary/aromatic N) is 2. The largest absolute Gasteiger partial charge is 0.327 e. The van der Waals surface area contributed by atoms with E-state index in [0.717, 1.165) is 23.5 Å². The molecule has 2 heteroatoms. The zero-order valence-corrected chi connectivity index (χ0v) is 33.2. The third kappa shape index (κ3) is 5.96. The van der Waals surface area contributed by atoms with Crippen molar-refractivity contribution < 1.29 is 0 Å². The number of anilines is 2. The molecule has 11 rings (SSSR count). The minimum Gasteiger partial charge on any atom is -0.327 e. The van der Waals surface area contributed by atoms with E-state index in [1.165, 1.54) is 71.5 Å². The molecule has 0 bridgehead atoms. The predicted octanol–water partition coefficient (Wildman–Crippen LogP) is 15.3. The van der Waals surface area contributed by atoms with Gasteiger partial charge in [-0.1, -0.05) is 194 Å². The van der Waals surface area contributed by atoms with E-state index in [1.807, 2.05) is 0 Å². The van der Waals surface area contributed by atoms with Crippen molar-refractivity contribution in [2.45, 2.75) is 12.0 Å². The van der Waals surface area contributed by atoms with Crippen LogP contribution in [0.4, 0.5) is 11.4 Å². The molecule has 284 valence electrons. The highest BCUT2D eigenvalue weighted by molar-refractivity contribution is 6.10. The smallest absolute Gasteiger partial charge is 0.100 e. The normalized spacial score (nSPS) is 15.0. The maximum Gasteiger partial charge on any atom is 0.100 e. The first-order chi connectivity index (χ1) is 29.8. The van der Waals surface area contributed by atoms with E-state index < -0.39 is 5.54 Å². The number of allylic oxidation sites excluding steroid dienone is 2. The van der Waals surface area contributed by atoms with Gasteiger partial charge in [-0.05, 0) is 105 Å². The lowest BCUT2D eigenvalue weighted by Gasteiger charge is -2.49. The third-order valence-electron chi connectivity index (χ3n) is 12.3. The van der Waals surface area contributed by atoms with E-state index in [0.29, 0.717) is 0 Å². The van der Waals surface area contributed by atoms with Gasteiger partial charge in [0, 0.05) is 27.8 Å². The van der Waals surface area contributed by atoms with Crippen molar-refractivity contribution in [2.24, 2.45) is 0 Å². The Balaban J connectivity index is 1.21. The Labute approximate surface area is 351 Å². The molecule has 0 aliphatic heterocycles. The fraction of sp³-hybridized carbons (Fsp3) is 0.0345. The Hall–Kier alpha value is -7.68. The Morgan fingerprint density at radius 1 is 0.417 bits per heavy atom. The van der Waals surface area contributed by atoms with E-state index >= 15 is 0 Å². The van der Waals surface area contributed by atoms with Gasteiger partial charge >= 0.3 is 0 Å². The highest BCUT2D eigenvalue weighted by Crippen LogP contribution is 2.54. The van der Waals surface area contributed by atoms with Gasteiger partial charge in [0.1, 0.15) is 5.54 Å². The van der Waals surface area contributed by atoms with Crippen LogP contribution in [0.3, 0.4) is 0 Å². The minimum atomic E-state index is -0.662. The van der Waals surface area contributed by atoms with Crippen molar-refractivity contribution in [1.29, 1.82) is 0 Å². The molecule has 0 saturated carbocycles. The lowest BCUT2D eigenvalue weighted by Crippen LogP contribution is -2.45. The molecule has 0 N–H and O–H groups in total. The molecule has 0 amide bonds. The summed E-state index contributed by atoms with van der Waals surface area (Å²) in [7, 11) is 0. The topological polar surface area (TPSA) is 8.17 Å². The Morgan fingerprint density at radius 3 is 1.83 bits per heavy atom. The van der Waals surface area contributed by atoms with Crippen LogP contribution in [0, 0.1) is 0 Å². The van der Waals surface area contributed by atoms with E-state index in [4.69, 9.17) is 0 Å². The van der Waals surface area contributed by atoms with Crippen LogP contribution < -0.4 is 4.90 Å². The summed E-state index contributed by atoms with van der Waals surface area (Å²) in [6, 6.07) is 82.2. The summed E-state index contributed by atoms with van der Waals surface area (Å²) in [4.78, 5) is 2.63. The second kappa shape index (κ2) is 14.9. The van der Waals surface area contributed by atoms with Crippen molar-refractivity contribution in [2.75, 3.05) is 4.90 Å². The average molecular weight is 767 g/mol. The molecule has 0 spiro atoms. The number of hydrogen-bond acceptors (Lipinski definition) is 1. The number of benzene rings is 9. The van der Waals surface area contributed by atoms with Crippen molar-refractivity contribution in [3.05, 3.63) is 254 Å². The lowest BCUT2D eigenvalue weighted by molar-refractivity contribution is 0.568. The van der Waals surface area contributed by atoms with Crippen LogP contribution in [-0.2, 0) is 5.54 Å². The van der Waals surface area contributed by atoms with Crippen molar-refractivity contribution >= 4 is 49.5 Å². The van der Waals surface area contributed by atoms with Gasteiger partial charge in [-0.25, -0.2) is 0 Å². The highest BCUT2D eigenvalue weighted by atomic mass is 15.2. The Morgan fingerprint density at radius 2 is 1.03 bits per heavy atom. The molecule has 0 saturated heterocycles. The molecular formula is C58H42N2. The minimum absolute atomic E-state index is 0.662. The van der Waals surface area contributed by atoms with Crippen molar-refractivity contribution in [1.82, 2.24) is 4.57 Å². The number of rotatable bonds is 8. The monoisotopic (exact) mass is 766 g/mol. The van der Waals surface area contributed by atoms with Crippen LogP contribution in [0.1, 0.15) is 17.5 Å². The van der Waals surface area contributed by atoms with E-state index in [1.54, 1.807) is 0 Å². The highest BCUT2D eigenvalue weighted by Gasteiger charge is 2.45. The first kappa shape index (κ1) is 35.5. The van der Waals surface area contributed by atoms with E-state index in [-0.39, 0.29) is 0 Å². The summed E-state index contributed by atoms with van der Waals surface area (Å²) >= 11 is 0. The Bertz CT molecular complexity index is 3210. The number of hydrogen-bond donors (Lipinski definition) is 0. The van der Waals surface area contributed by atoms with Crippen LogP contribution >= 0.6 is 0 Å². The summed E-state index contributed by atoms with van der Waals surface area (Å²) in [5.74, 6) is 0. The molecule has 9 aromatic carbocycles. The van der Waals surface area contributed by atoms with Gasteiger partial charge in [-0.2, -0.15) is 0 Å². The number of aromatic nitrogens is 1. The molecule has 1 heterocycles. The lowest BCUT2D eigenvalue weighted by atomic mass is 9.70. The van der Waals surface area contributed by atoms with E-state index in [2.05, 4.69) is 252 Å². The molecule has 0 radical (unpaired) electrons. The summed E-state index contributed by atoms with van der Waals surface area (Å²) in [6.45, 7) is 0. The molecule has 0 fully saturated rings.